The Morgan fingerprint density at radius 2 is 2.00 bits per heavy atom. The number of carboxylic acid groups (broad SMARTS) is 1. The lowest BCUT2D eigenvalue weighted by molar-refractivity contribution is -0.141. The molecule has 0 saturated heterocycles. The monoisotopic (exact) mass is 294 g/mol. The first kappa shape index (κ1) is 16.5. The van der Waals surface area contributed by atoms with E-state index in [2.05, 4.69) is 5.32 Å². The number of ether oxygens (including phenoxy) is 1. The van der Waals surface area contributed by atoms with Crippen LogP contribution in [0.4, 0.5) is 0 Å². The minimum absolute atomic E-state index is 0.0332. The molecular formula is C14H18N2O5. The van der Waals surface area contributed by atoms with Gasteiger partial charge in [-0.05, 0) is 18.6 Å². The maximum absolute atomic E-state index is 11.6. The highest BCUT2D eigenvalue weighted by atomic mass is 16.5. The standard InChI is InChI=1S/C14H18N2O5/c1-2-9(14(19)20)7-16-12(17)8-21-11-6-4-3-5-10(11)13(15)18/h3-6,9H,2,7-8H2,1H3,(H2,15,18)(H,16,17)(H,19,20). The number of primary amides is 1. The number of carbonyl (C=O) groups excluding carboxylic acids is 2. The summed E-state index contributed by atoms with van der Waals surface area (Å²) in [6.45, 7) is 1.44. The van der Waals surface area contributed by atoms with Gasteiger partial charge in [0, 0.05) is 6.54 Å². The summed E-state index contributed by atoms with van der Waals surface area (Å²) in [7, 11) is 0. The number of aliphatic carboxylic acids is 1. The van der Waals surface area contributed by atoms with E-state index in [-0.39, 0.29) is 24.5 Å². The molecule has 114 valence electrons. The number of para-hydroxylation sites is 1. The maximum atomic E-state index is 11.6. The van der Waals surface area contributed by atoms with Crippen molar-refractivity contribution in [2.75, 3.05) is 13.2 Å². The van der Waals surface area contributed by atoms with Gasteiger partial charge in [0.2, 0.25) is 0 Å². The van der Waals surface area contributed by atoms with Gasteiger partial charge in [0.05, 0.1) is 11.5 Å². The lowest BCUT2D eigenvalue weighted by atomic mass is 10.1. The Morgan fingerprint density at radius 3 is 2.57 bits per heavy atom. The summed E-state index contributed by atoms with van der Waals surface area (Å²) >= 11 is 0. The molecule has 7 nitrogen and oxygen atoms in total. The van der Waals surface area contributed by atoms with Gasteiger partial charge in [0.15, 0.2) is 6.61 Å². The van der Waals surface area contributed by atoms with E-state index in [1.165, 1.54) is 12.1 Å². The molecule has 1 rings (SSSR count). The van der Waals surface area contributed by atoms with Crippen LogP contribution in [0, 0.1) is 5.92 Å². The van der Waals surface area contributed by atoms with E-state index in [1.54, 1.807) is 19.1 Å². The molecule has 0 spiro atoms. The van der Waals surface area contributed by atoms with Crippen molar-refractivity contribution in [1.82, 2.24) is 5.32 Å². The summed E-state index contributed by atoms with van der Waals surface area (Å²) in [5.41, 5.74) is 5.37. The Morgan fingerprint density at radius 1 is 1.33 bits per heavy atom. The van der Waals surface area contributed by atoms with E-state index in [0.29, 0.717) is 6.42 Å². The lowest BCUT2D eigenvalue weighted by Crippen LogP contribution is -2.35. The van der Waals surface area contributed by atoms with Crippen LogP contribution in [0.25, 0.3) is 0 Å². The Bertz CT molecular complexity index is 530. The number of hydrogen-bond acceptors (Lipinski definition) is 4. The molecule has 1 atom stereocenters. The molecule has 0 aliphatic carbocycles. The van der Waals surface area contributed by atoms with E-state index >= 15 is 0 Å². The number of carboxylic acids is 1. The maximum Gasteiger partial charge on any atom is 0.308 e. The van der Waals surface area contributed by atoms with Gasteiger partial charge < -0.3 is 20.9 Å². The quantitative estimate of drug-likeness (QED) is 0.641. The molecule has 0 heterocycles. The highest BCUT2D eigenvalue weighted by Gasteiger charge is 2.16. The predicted octanol–water partition coefficient (Wildman–Crippen LogP) is 0.391. The zero-order valence-corrected chi connectivity index (χ0v) is 11.7. The second-order valence-electron chi connectivity index (χ2n) is 4.40. The lowest BCUT2D eigenvalue weighted by Gasteiger charge is -2.12. The Balaban J connectivity index is 2.50. The van der Waals surface area contributed by atoms with Gasteiger partial charge >= 0.3 is 5.97 Å². The fourth-order valence-electron chi connectivity index (χ4n) is 1.63. The second-order valence-corrected chi connectivity index (χ2v) is 4.40. The summed E-state index contributed by atoms with van der Waals surface area (Å²) in [4.78, 5) is 33.6. The van der Waals surface area contributed by atoms with Crippen molar-refractivity contribution >= 4 is 17.8 Å². The van der Waals surface area contributed by atoms with Crippen molar-refractivity contribution in [2.24, 2.45) is 11.7 Å². The topological polar surface area (TPSA) is 119 Å². The zero-order chi connectivity index (χ0) is 15.8. The number of rotatable bonds is 8. The van der Waals surface area contributed by atoms with Crippen LogP contribution in [-0.2, 0) is 9.59 Å². The Labute approximate surface area is 122 Å². The molecule has 1 aromatic carbocycles. The fraction of sp³-hybridized carbons (Fsp3) is 0.357. The van der Waals surface area contributed by atoms with Crippen molar-refractivity contribution in [3.8, 4) is 5.75 Å². The van der Waals surface area contributed by atoms with E-state index in [1.807, 2.05) is 0 Å². The smallest absolute Gasteiger partial charge is 0.308 e. The van der Waals surface area contributed by atoms with Gasteiger partial charge in [-0.25, -0.2) is 0 Å². The highest BCUT2D eigenvalue weighted by molar-refractivity contribution is 5.95. The normalized spacial score (nSPS) is 11.5. The minimum Gasteiger partial charge on any atom is -0.483 e. The van der Waals surface area contributed by atoms with Crippen LogP contribution in [-0.4, -0.2) is 36.0 Å². The van der Waals surface area contributed by atoms with Crippen molar-refractivity contribution in [2.45, 2.75) is 13.3 Å². The van der Waals surface area contributed by atoms with Gasteiger partial charge in [0.25, 0.3) is 11.8 Å². The number of hydrogen-bond donors (Lipinski definition) is 3. The number of amides is 2. The van der Waals surface area contributed by atoms with Gasteiger partial charge in [-0.1, -0.05) is 19.1 Å². The molecule has 0 aromatic heterocycles. The molecule has 7 heteroatoms. The highest BCUT2D eigenvalue weighted by Crippen LogP contribution is 2.16. The molecule has 1 aromatic rings. The van der Waals surface area contributed by atoms with Crippen molar-refractivity contribution < 1.29 is 24.2 Å². The van der Waals surface area contributed by atoms with Crippen LogP contribution in [0.2, 0.25) is 0 Å². The number of nitrogens with one attached hydrogen (secondary N) is 1. The number of nitrogens with two attached hydrogens (primary N) is 1. The molecule has 21 heavy (non-hydrogen) atoms. The molecule has 0 radical (unpaired) electrons. The first-order valence-corrected chi connectivity index (χ1v) is 6.46. The molecule has 0 saturated carbocycles. The summed E-state index contributed by atoms with van der Waals surface area (Å²) < 4.78 is 5.23. The molecule has 0 bridgehead atoms. The minimum atomic E-state index is -0.960. The van der Waals surface area contributed by atoms with Crippen LogP contribution in [0.15, 0.2) is 24.3 Å². The van der Waals surface area contributed by atoms with Crippen molar-refractivity contribution in [3.05, 3.63) is 29.8 Å². The van der Waals surface area contributed by atoms with Crippen LogP contribution >= 0.6 is 0 Å². The van der Waals surface area contributed by atoms with E-state index in [0.717, 1.165) is 0 Å². The zero-order valence-electron chi connectivity index (χ0n) is 11.7. The number of benzene rings is 1. The molecule has 0 fully saturated rings. The summed E-state index contributed by atoms with van der Waals surface area (Å²) in [6.07, 6.45) is 0.418. The molecule has 4 N–H and O–H groups in total. The average molecular weight is 294 g/mol. The van der Waals surface area contributed by atoms with E-state index < -0.39 is 23.7 Å². The summed E-state index contributed by atoms with van der Waals surface area (Å²) in [5, 5.41) is 11.3. The first-order chi connectivity index (χ1) is 9.95. The fourth-order valence-corrected chi connectivity index (χ4v) is 1.63. The second kappa shape index (κ2) is 7.88. The summed E-state index contributed by atoms with van der Waals surface area (Å²) in [5.74, 6) is -2.49. The van der Waals surface area contributed by atoms with Crippen LogP contribution in [0.1, 0.15) is 23.7 Å². The van der Waals surface area contributed by atoms with Crippen LogP contribution < -0.4 is 15.8 Å². The van der Waals surface area contributed by atoms with Gasteiger partial charge in [-0.2, -0.15) is 0 Å². The first-order valence-electron chi connectivity index (χ1n) is 6.46. The molecule has 0 aliphatic heterocycles. The Kier molecular flexibility index (Phi) is 6.19. The SMILES string of the molecule is CCC(CNC(=O)COc1ccccc1C(N)=O)C(=O)O. The molecular weight excluding hydrogens is 276 g/mol. The van der Waals surface area contributed by atoms with Crippen molar-refractivity contribution in [3.63, 3.8) is 0 Å². The third-order valence-electron chi connectivity index (χ3n) is 2.90. The van der Waals surface area contributed by atoms with Gasteiger partial charge in [-0.15, -0.1) is 0 Å². The Hall–Kier alpha value is -2.57. The van der Waals surface area contributed by atoms with Gasteiger partial charge in [0.1, 0.15) is 5.75 Å². The third-order valence-corrected chi connectivity index (χ3v) is 2.90. The van der Waals surface area contributed by atoms with E-state index in [9.17, 15) is 14.4 Å². The predicted molar refractivity (Wildman–Crippen MR) is 74.9 cm³/mol. The average Bonchev–Trinajstić information content (AvgIpc) is 2.45. The third kappa shape index (κ3) is 5.13. The number of carbonyl (C=O) groups is 3. The largest absolute Gasteiger partial charge is 0.483 e. The van der Waals surface area contributed by atoms with Gasteiger partial charge in [-0.3, -0.25) is 14.4 Å². The van der Waals surface area contributed by atoms with Crippen molar-refractivity contribution in [1.29, 1.82) is 0 Å². The molecule has 1 unspecified atom stereocenters. The molecule has 0 aliphatic rings. The van der Waals surface area contributed by atoms with E-state index in [4.69, 9.17) is 15.6 Å². The van der Waals surface area contributed by atoms with Crippen LogP contribution in [0.3, 0.4) is 0 Å². The van der Waals surface area contributed by atoms with Crippen LogP contribution in [0.5, 0.6) is 5.75 Å². The summed E-state index contributed by atoms with van der Waals surface area (Å²) in [6, 6.07) is 6.30. The molecule has 2 amide bonds.